The molecule has 0 spiro atoms. The summed E-state index contributed by atoms with van der Waals surface area (Å²) in [4.78, 5) is 38.3. The van der Waals surface area contributed by atoms with Crippen molar-refractivity contribution in [3.05, 3.63) is 0 Å². The molecule has 3 atom stereocenters. The Hall–Kier alpha value is -1.59. The summed E-state index contributed by atoms with van der Waals surface area (Å²) in [6, 6.07) is 0. The van der Waals surface area contributed by atoms with Crippen LogP contribution in [0.25, 0.3) is 0 Å². The van der Waals surface area contributed by atoms with E-state index in [1.54, 1.807) is 0 Å². The number of rotatable bonds is 59. The van der Waals surface area contributed by atoms with Gasteiger partial charge in [0, 0.05) is 19.3 Å². The van der Waals surface area contributed by atoms with Crippen molar-refractivity contribution in [2.24, 2.45) is 11.8 Å². The summed E-state index contributed by atoms with van der Waals surface area (Å²) in [6.45, 7) is 11.5. The van der Waals surface area contributed by atoms with Crippen molar-refractivity contribution in [3.8, 4) is 0 Å². The highest BCUT2D eigenvalue weighted by Gasteiger charge is 2.19. The van der Waals surface area contributed by atoms with Crippen molar-refractivity contribution in [1.82, 2.24) is 0 Å². The van der Waals surface area contributed by atoms with Crippen LogP contribution in [0.2, 0.25) is 0 Å². The normalized spacial score (nSPS) is 12.8. The van der Waals surface area contributed by atoms with Gasteiger partial charge in [0.1, 0.15) is 13.2 Å². The Morgan fingerprint density at radius 3 is 0.732 bits per heavy atom. The van der Waals surface area contributed by atoms with Crippen LogP contribution in [-0.2, 0) is 28.6 Å². The fraction of sp³-hybridized carbons (Fsp3) is 0.954. The minimum atomic E-state index is -0.764. The Bertz CT molecular complexity index is 1090. The van der Waals surface area contributed by atoms with Crippen molar-refractivity contribution in [3.63, 3.8) is 0 Å². The van der Waals surface area contributed by atoms with Crippen LogP contribution in [0, 0.1) is 11.8 Å². The minimum absolute atomic E-state index is 0.0620. The highest BCUT2D eigenvalue weighted by molar-refractivity contribution is 5.71. The Kier molecular flexibility index (Phi) is 56.4. The summed E-state index contributed by atoms with van der Waals surface area (Å²) in [5.41, 5.74) is 0. The molecule has 0 aliphatic rings. The monoisotopic (exact) mass is 1000 g/mol. The van der Waals surface area contributed by atoms with Gasteiger partial charge in [-0.2, -0.15) is 0 Å². The molecule has 0 saturated heterocycles. The number of hydrogen-bond acceptors (Lipinski definition) is 6. The molecule has 0 radical (unpaired) electrons. The number of ether oxygens (including phenoxy) is 3. The van der Waals surface area contributed by atoms with Gasteiger partial charge >= 0.3 is 17.9 Å². The lowest BCUT2D eigenvalue weighted by Gasteiger charge is -2.18. The van der Waals surface area contributed by atoms with Crippen LogP contribution in [0.1, 0.15) is 369 Å². The van der Waals surface area contributed by atoms with Gasteiger partial charge in [-0.3, -0.25) is 14.4 Å². The maximum Gasteiger partial charge on any atom is 0.306 e. The fourth-order valence-electron chi connectivity index (χ4n) is 10.0. The van der Waals surface area contributed by atoms with E-state index in [0.29, 0.717) is 19.3 Å². The van der Waals surface area contributed by atoms with Gasteiger partial charge < -0.3 is 14.2 Å². The van der Waals surface area contributed by atoms with Crippen LogP contribution in [0.5, 0.6) is 0 Å². The van der Waals surface area contributed by atoms with Gasteiger partial charge in [-0.1, -0.05) is 330 Å². The Balaban J connectivity index is 4.26. The standard InChI is InChI=1S/C65H126O6/c1-6-9-10-11-12-13-14-15-16-19-24-27-30-37-42-47-52-57-65(68)71-62(59-70-64(67)56-51-46-41-36-32-31-34-39-44-49-54-61(5)8-3)58-69-63(66)55-50-45-40-35-29-26-23-21-18-17-20-22-25-28-33-38-43-48-53-60(4)7-2/h60-62H,6-59H2,1-5H3/t60?,61?,62-/m0/s1. The minimum Gasteiger partial charge on any atom is -0.462 e. The zero-order valence-electron chi connectivity index (χ0n) is 48.9. The van der Waals surface area contributed by atoms with Gasteiger partial charge in [-0.05, 0) is 31.1 Å². The number of esters is 3. The molecule has 6 heteroatoms. The molecule has 0 saturated carbocycles. The Morgan fingerprint density at radius 1 is 0.282 bits per heavy atom. The molecule has 0 heterocycles. The number of carbonyl (C=O) groups is 3. The highest BCUT2D eigenvalue weighted by atomic mass is 16.6. The molecule has 0 amide bonds. The molecular formula is C65H126O6. The lowest BCUT2D eigenvalue weighted by Crippen LogP contribution is -2.30. The fourth-order valence-corrected chi connectivity index (χ4v) is 10.0. The van der Waals surface area contributed by atoms with Crippen molar-refractivity contribution >= 4 is 17.9 Å². The number of carbonyl (C=O) groups excluding carboxylic acids is 3. The zero-order chi connectivity index (χ0) is 51.8. The van der Waals surface area contributed by atoms with Crippen LogP contribution in [0.3, 0.4) is 0 Å². The van der Waals surface area contributed by atoms with Crippen LogP contribution in [0.4, 0.5) is 0 Å². The van der Waals surface area contributed by atoms with Gasteiger partial charge in [0.25, 0.3) is 0 Å². The van der Waals surface area contributed by atoms with E-state index >= 15 is 0 Å². The van der Waals surface area contributed by atoms with E-state index in [1.807, 2.05) is 0 Å². The smallest absolute Gasteiger partial charge is 0.306 e. The summed E-state index contributed by atoms with van der Waals surface area (Å²) in [5, 5.41) is 0. The van der Waals surface area contributed by atoms with Crippen LogP contribution < -0.4 is 0 Å². The van der Waals surface area contributed by atoms with Crippen LogP contribution in [-0.4, -0.2) is 37.2 Å². The Morgan fingerprint density at radius 2 is 0.493 bits per heavy atom. The van der Waals surface area contributed by atoms with E-state index in [4.69, 9.17) is 14.2 Å². The third-order valence-electron chi connectivity index (χ3n) is 15.7. The SMILES string of the molecule is CCCCCCCCCCCCCCCCCCCC(=O)O[C@@H](COC(=O)CCCCCCCCCCCCCCCCCCCCC(C)CC)COC(=O)CCCCCCCCCCCCC(C)CC. The average molecular weight is 1000 g/mol. The molecule has 0 aromatic carbocycles. The molecule has 0 aliphatic heterocycles. The molecule has 0 rings (SSSR count). The molecule has 0 aromatic rings. The van der Waals surface area contributed by atoms with Crippen molar-refractivity contribution in [2.75, 3.05) is 13.2 Å². The molecule has 71 heavy (non-hydrogen) atoms. The topological polar surface area (TPSA) is 78.9 Å². The summed E-state index contributed by atoms with van der Waals surface area (Å²) in [6.07, 6.45) is 63.8. The number of hydrogen-bond donors (Lipinski definition) is 0. The van der Waals surface area contributed by atoms with Gasteiger partial charge in [-0.15, -0.1) is 0 Å². The summed E-state index contributed by atoms with van der Waals surface area (Å²) in [7, 11) is 0. The second kappa shape index (κ2) is 57.7. The lowest BCUT2D eigenvalue weighted by atomic mass is 9.99. The molecule has 6 nitrogen and oxygen atoms in total. The predicted octanol–water partition coefficient (Wildman–Crippen LogP) is 21.6. The molecule has 0 aliphatic carbocycles. The maximum atomic E-state index is 12.9. The molecule has 0 bridgehead atoms. The average Bonchev–Trinajstić information content (AvgIpc) is 3.37. The van der Waals surface area contributed by atoms with E-state index in [0.717, 1.165) is 69.6 Å². The maximum absolute atomic E-state index is 12.9. The largest absolute Gasteiger partial charge is 0.462 e. The first-order valence-electron chi connectivity index (χ1n) is 32.3. The van der Waals surface area contributed by atoms with Crippen molar-refractivity contribution < 1.29 is 28.6 Å². The van der Waals surface area contributed by atoms with Crippen LogP contribution in [0.15, 0.2) is 0 Å². The number of unbranched alkanes of at least 4 members (excludes halogenated alkanes) is 42. The molecule has 0 fully saturated rings. The molecule has 422 valence electrons. The van der Waals surface area contributed by atoms with E-state index < -0.39 is 6.10 Å². The predicted molar refractivity (Wildman–Crippen MR) is 307 cm³/mol. The van der Waals surface area contributed by atoms with Crippen LogP contribution >= 0.6 is 0 Å². The second-order valence-corrected chi connectivity index (χ2v) is 22.9. The Labute approximate surface area is 444 Å². The molecule has 0 aromatic heterocycles. The zero-order valence-corrected chi connectivity index (χ0v) is 48.9. The van der Waals surface area contributed by atoms with E-state index in [-0.39, 0.29) is 31.1 Å². The first-order valence-corrected chi connectivity index (χ1v) is 32.3. The van der Waals surface area contributed by atoms with E-state index in [9.17, 15) is 14.4 Å². The van der Waals surface area contributed by atoms with Gasteiger partial charge in [0.05, 0.1) is 0 Å². The summed E-state index contributed by atoms with van der Waals surface area (Å²) < 4.78 is 17.0. The quantitative estimate of drug-likeness (QED) is 0.0343. The second-order valence-electron chi connectivity index (χ2n) is 22.9. The van der Waals surface area contributed by atoms with Gasteiger partial charge in [0.15, 0.2) is 6.10 Å². The van der Waals surface area contributed by atoms with Gasteiger partial charge in [0.2, 0.25) is 0 Å². The third-order valence-corrected chi connectivity index (χ3v) is 15.7. The first-order chi connectivity index (χ1) is 34.8. The third kappa shape index (κ3) is 56.0. The first kappa shape index (κ1) is 69.4. The molecule has 0 N–H and O–H groups in total. The lowest BCUT2D eigenvalue weighted by molar-refractivity contribution is -0.167. The summed E-state index contributed by atoms with van der Waals surface area (Å²) in [5.74, 6) is 0.948. The molecular weight excluding hydrogens is 877 g/mol. The van der Waals surface area contributed by atoms with Gasteiger partial charge in [-0.25, -0.2) is 0 Å². The van der Waals surface area contributed by atoms with Crippen molar-refractivity contribution in [1.29, 1.82) is 0 Å². The van der Waals surface area contributed by atoms with Crippen molar-refractivity contribution in [2.45, 2.75) is 375 Å². The summed E-state index contributed by atoms with van der Waals surface area (Å²) >= 11 is 0. The van der Waals surface area contributed by atoms with E-state index in [1.165, 1.54) is 257 Å². The highest BCUT2D eigenvalue weighted by Crippen LogP contribution is 2.20. The molecule has 2 unspecified atom stereocenters. The van der Waals surface area contributed by atoms with E-state index in [2.05, 4.69) is 34.6 Å².